The summed E-state index contributed by atoms with van der Waals surface area (Å²) in [5.41, 5.74) is 1.83. The van der Waals surface area contributed by atoms with Gasteiger partial charge in [-0.15, -0.1) is 5.10 Å². The maximum absolute atomic E-state index is 10.6. The summed E-state index contributed by atoms with van der Waals surface area (Å²) in [4.78, 5) is 10.6. The van der Waals surface area contributed by atoms with E-state index in [1.165, 1.54) is 6.92 Å². The highest BCUT2D eigenvalue weighted by molar-refractivity contribution is 5.65. The minimum atomic E-state index is -0.284. The molecule has 5 nitrogen and oxygen atoms in total. The second kappa shape index (κ2) is 5.25. The molecule has 0 saturated heterocycles. The fraction of sp³-hybridized carbons (Fsp3) is 0.250. The molecule has 5 heteroatoms. The van der Waals surface area contributed by atoms with Crippen molar-refractivity contribution in [1.29, 1.82) is 0 Å². The Balaban J connectivity index is 1.99. The van der Waals surface area contributed by atoms with Gasteiger partial charge < -0.3 is 4.74 Å². The average molecular weight is 231 g/mol. The van der Waals surface area contributed by atoms with Crippen LogP contribution >= 0.6 is 0 Å². The second-order valence-corrected chi connectivity index (χ2v) is 3.57. The van der Waals surface area contributed by atoms with Crippen molar-refractivity contribution in [3.8, 4) is 11.3 Å². The highest BCUT2D eigenvalue weighted by Gasteiger charge is 2.03. The van der Waals surface area contributed by atoms with Crippen LogP contribution in [0.1, 0.15) is 6.92 Å². The largest absolute Gasteiger partial charge is 0.464 e. The Morgan fingerprint density at radius 3 is 2.82 bits per heavy atom. The minimum Gasteiger partial charge on any atom is -0.464 e. The average Bonchev–Trinajstić information content (AvgIpc) is 2.78. The molecule has 2 aromatic rings. The maximum Gasteiger partial charge on any atom is 0.302 e. The molecule has 0 amide bonds. The topological polar surface area (TPSA) is 57.0 Å². The zero-order valence-electron chi connectivity index (χ0n) is 9.54. The molecule has 0 spiro atoms. The van der Waals surface area contributed by atoms with Gasteiger partial charge in [-0.05, 0) is 0 Å². The van der Waals surface area contributed by atoms with Crippen molar-refractivity contribution in [2.24, 2.45) is 0 Å². The van der Waals surface area contributed by atoms with Crippen LogP contribution in [0.3, 0.4) is 0 Å². The maximum atomic E-state index is 10.6. The SMILES string of the molecule is CC(=O)OCCn1cc(-c2ccccc2)nn1. The van der Waals surface area contributed by atoms with E-state index >= 15 is 0 Å². The summed E-state index contributed by atoms with van der Waals surface area (Å²) in [5.74, 6) is -0.284. The first-order valence-corrected chi connectivity index (χ1v) is 5.34. The molecule has 88 valence electrons. The third kappa shape index (κ3) is 3.14. The van der Waals surface area contributed by atoms with E-state index in [-0.39, 0.29) is 5.97 Å². The molecule has 0 unspecified atom stereocenters. The monoisotopic (exact) mass is 231 g/mol. The van der Waals surface area contributed by atoms with E-state index in [0.29, 0.717) is 13.2 Å². The smallest absolute Gasteiger partial charge is 0.302 e. The van der Waals surface area contributed by atoms with E-state index in [1.54, 1.807) is 4.68 Å². The molecule has 1 aromatic carbocycles. The molecule has 2 rings (SSSR count). The zero-order valence-corrected chi connectivity index (χ0v) is 9.54. The molecule has 0 saturated carbocycles. The number of nitrogens with zero attached hydrogens (tertiary/aromatic N) is 3. The fourth-order valence-electron chi connectivity index (χ4n) is 1.43. The van der Waals surface area contributed by atoms with Crippen LogP contribution in [-0.4, -0.2) is 27.6 Å². The first-order chi connectivity index (χ1) is 8.25. The third-order valence-corrected chi connectivity index (χ3v) is 2.23. The van der Waals surface area contributed by atoms with Gasteiger partial charge >= 0.3 is 5.97 Å². The van der Waals surface area contributed by atoms with Crippen LogP contribution in [0.5, 0.6) is 0 Å². The normalized spacial score (nSPS) is 10.2. The molecule has 0 fully saturated rings. The predicted octanol–water partition coefficient (Wildman–Crippen LogP) is 1.51. The van der Waals surface area contributed by atoms with Gasteiger partial charge in [0.05, 0.1) is 12.7 Å². The predicted molar refractivity (Wildman–Crippen MR) is 62.1 cm³/mol. The molecule has 1 aromatic heterocycles. The summed E-state index contributed by atoms with van der Waals surface area (Å²) in [6, 6.07) is 9.80. The Morgan fingerprint density at radius 1 is 1.35 bits per heavy atom. The van der Waals surface area contributed by atoms with Gasteiger partial charge in [-0.3, -0.25) is 4.79 Å². The molecular weight excluding hydrogens is 218 g/mol. The van der Waals surface area contributed by atoms with Crippen LogP contribution in [0.25, 0.3) is 11.3 Å². The van der Waals surface area contributed by atoms with Crippen molar-refractivity contribution >= 4 is 5.97 Å². The molecule has 0 atom stereocenters. The number of carbonyl (C=O) groups excluding carboxylic acids is 1. The van der Waals surface area contributed by atoms with Gasteiger partial charge in [-0.2, -0.15) is 0 Å². The lowest BCUT2D eigenvalue weighted by Crippen LogP contribution is -2.09. The quantitative estimate of drug-likeness (QED) is 0.748. The Kier molecular flexibility index (Phi) is 3.49. The van der Waals surface area contributed by atoms with Crippen LogP contribution in [0.2, 0.25) is 0 Å². The minimum absolute atomic E-state index is 0.284. The lowest BCUT2D eigenvalue weighted by Gasteiger charge is -2.00. The number of benzene rings is 1. The van der Waals surface area contributed by atoms with Crippen LogP contribution < -0.4 is 0 Å². The molecule has 0 N–H and O–H groups in total. The number of ether oxygens (including phenoxy) is 1. The van der Waals surface area contributed by atoms with Gasteiger partial charge in [0.1, 0.15) is 12.3 Å². The Labute approximate surface area is 99.0 Å². The molecule has 0 aliphatic carbocycles. The zero-order chi connectivity index (χ0) is 12.1. The summed E-state index contributed by atoms with van der Waals surface area (Å²) in [6.07, 6.45) is 1.83. The summed E-state index contributed by atoms with van der Waals surface area (Å²) in [5, 5.41) is 8.02. The second-order valence-electron chi connectivity index (χ2n) is 3.57. The first-order valence-electron chi connectivity index (χ1n) is 5.34. The van der Waals surface area contributed by atoms with E-state index in [4.69, 9.17) is 4.74 Å². The van der Waals surface area contributed by atoms with Gasteiger partial charge in [-0.25, -0.2) is 4.68 Å². The molecular formula is C12H13N3O2. The van der Waals surface area contributed by atoms with E-state index in [9.17, 15) is 4.79 Å². The first kappa shape index (κ1) is 11.3. The van der Waals surface area contributed by atoms with Crippen LogP contribution in [0.15, 0.2) is 36.5 Å². The van der Waals surface area contributed by atoms with Crippen molar-refractivity contribution in [2.45, 2.75) is 13.5 Å². The van der Waals surface area contributed by atoms with Gasteiger partial charge in [0.15, 0.2) is 0 Å². The molecule has 0 aliphatic rings. The molecule has 0 bridgehead atoms. The Morgan fingerprint density at radius 2 is 2.12 bits per heavy atom. The van der Waals surface area contributed by atoms with Gasteiger partial charge in [0.2, 0.25) is 0 Å². The molecule has 0 aliphatic heterocycles. The molecule has 0 radical (unpaired) electrons. The number of hydrogen-bond acceptors (Lipinski definition) is 4. The number of esters is 1. The van der Waals surface area contributed by atoms with E-state index in [2.05, 4.69) is 10.3 Å². The lowest BCUT2D eigenvalue weighted by atomic mass is 10.2. The van der Waals surface area contributed by atoms with Crippen LogP contribution in [0, 0.1) is 0 Å². The summed E-state index contributed by atoms with van der Waals surface area (Å²) in [7, 11) is 0. The van der Waals surface area contributed by atoms with Crippen LogP contribution in [-0.2, 0) is 16.1 Å². The highest BCUT2D eigenvalue weighted by atomic mass is 16.5. The Hall–Kier alpha value is -2.17. The van der Waals surface area contributed by atoms with Crippen molar-refractivity contribution in [3.63, 3.8) is 0 Å². The van der Waals surface area contributed by atoms with Crippen molar-refractivity contribution < 1.29 is 9.53 Å². The molecule has 17 heavy (non-hydrogen) atoms. The van der Waals surface area contributed by atoms with Crippen molar-refractivity contribution in [1.82, 2.24) is 15.0 Å². The third-order valence-electron chi connectivity index (χ3n) is 2.23. The summed E-state index contributed by atoms with van der Waals surface area (Å²) >= 11 is 0. The van der Waals surface area contributed by atoms with E-state index in [1.807, 2.05) is 36.5 Å². The van der Waals surface area contributed by atoms with Crippen molar-refractivity contribution in [2.75, 3.05) is 6.61 Å². The standard InChI is InChI=1S/C12H13N3O2/c1-10(16)17-8-7-15-9-12(13-14-15)11-5-3-2-4-6-11/h2-6,9H,7-8H2,1H3. The summed E-state index contributed by atoms with van der Waals surface area (Å²) < 4.78 is 6.49. The number of carbonyl (C=O) groups is 1. The number of aromatic nitrogens is 3. The van der Waals surface area contributed by atoms with Gasteiger partial charge in [0.25, 0.3) is 0 Å². The number of rotatable bonds is 4. The fourth-order valence-corrected chi connectivity index (χ4v) is 1.43. The lowest BCUT2D eigenvalue weighted by molar-refractivity contribution is -0.141. The van der Waals surface area contributed by atoms with E-state index < -0.39 is 0 Å². The summed E-state index contributed by atoms with van der Waals surface area (Å²) in [6.45, 7) is 2.21. The highest BCUT2D eigenvalue weighted by Crippen LogP contribution is 2.14. The van der Waals surface area contributed by atoms with E-state index in [0.717, 1.165) is 11.3 Å². The van der Waals surface area contributed by atoms with Gasteiger partial charge in [-0.1, -0.05) is 35.5 Å². The van der Waals surface area contributed by atoms with Gasteiger partial charge in [0, 0.05) is 12.5 Å². The van der Waals surface area contributed by atoms with Crippen LogP contribution in [0.4, 0.5) is 0 Å². The molecule has 1 heterocycles. The Bertz CT molecular complexity index is 493. The number of hydrogen-bond donors (Lipinski definition) is 0. The van der Waals surface area contributed by atoms with Crippen molar-refractivity contribution in [3.05, 3.63) is 36.5 Å².